The van der Waals surface area contributed by atoms with Crippen LogP contribution in [0.3, 0.4) is 0 Å². The number of carbonyl (C=O) groups excluding carboxylic acids is 3. The number of carboxylic acid groups (broad SMARTS) is 1. The van der Waals surface area contributed by atoms with Crippen LogP contribution in [-0.2, 0) is 14.3 Å². The van der Waals surface area contributed by atoms with E-state index in [0.717, 1.165) is 12.8 Å². The molecule has 0 spiro atoms. The minimum atomic E-state index is -1.34. The molecule has 0 radical (unpaired) electrons. The standard InChI is InChI=1S/C14H22N2O5.Na/c1-14(2,3)21-13(20)15-6-7-16(10(8-15)12(18)19)11(17)9-4-5-9;/h9-10H,4-8H2,1-3H3,(H,18,19);/q;+1/p-1. The van der Waals surface area contributed by atoms with Crippen molar-refractivity contribution >= 4 is 18.0 Å². The molecular weight excluding hydrogens is 299 g/mol. The SMILES string of the molecule is CC(C)(C)OC(=O)N1CCN(C(=O)C2CC2)C(C(=O)[O-])C1.[Na+]. The van der Waals surface area contributed by atoms with Crippen LogP contribution in [-0.4, -0.2) is 59.0 Å². The molecule has 7 nitrogen and oxygen atoms in total. The first-order valence-corrected chi connectivity index (χ1v) is 7.18. The number of aliphatic carboxylic acids is 1. The first kappa shape index (κ1) is 19.3. The van der Waals surface area contributed by atoms with Crippen molar-refractivity contribution in [3.63, 3.8) is 0 Å². The fourth-order valence-corrected chi connectivity index (χ4v) is 2.31. The summed E-state index contributed by atoms with van der Waals surface area (Å²) in [5.41, 5.74) is -0.644. The molecule has 1 aliphatic heterocycles. The van der Waals surface area contributed by atoms with E-state index in [9.17, 15) is 19.5 Å². The number of ether oxygens (including phenoxy) is 1. The third-order valence-electron chi connectivity index (χ3n) is 3.51. The van der Waals surface area contributed by atoms with Gasteiger partial charge < -0.3 is 24.4 Å². The van der Waals surface area contributed by atoms with Crippen LogP contribution in [0.2, 0.25) is 0 Å². The van der Waals surface area contributed by atoms with Crippen molar-refractivity contribution in [2.45, 2.75) is 45.3 Å². The normalized spacial score (nSPS) is 21.9. The van der Waals surface area contributed by atoms with Crippen LogP contribution >= 0.6 is 0 Å². The van der Waals surface area contributed by atoms with E-state index in [1.807, 2.05) is 0 Å². The maximum absolute atomic E-state index is 12.1. The minimum Gasteiger partial charge on any atom is -0.548 e. The van der Waals surface area contributed by atoms with E-state index in [1.165, 1.54) is 9.80 Å². The minimum absolute atomic E-state index is 0. The second-order valence-electron chi connectivity index (χ2n) is 6.57. The predicted molar refractivity (Wildman–Crippen MR) is 71.0 cm³/mol. The van der Waals surface area contributed by atoms with E-state index in [-0.39, 0.29) is 61.0 Å². The van der Waals surface area contributed by atoms with Crippen LogP contribution in [0.4, 0.5) is 4.79 Å². The molecule has 1 aliphatic carbocycles. The van der Waals surface area contributed by atoms with Gasteiger partial charge in [0.1, 0.15) is 5.60 Å². The van der Waals surface area contributed by atoms with Gasteiger partial charge in [-0.25, -0.2) is 4.79 Å². The Morgan fingerprint density at radius 1 is 1.14 bits per heavy atom. The van der Waals surface area contributed by atoms with E-state index in [0.29, 0.717) is 0 Å². The van der Waals surface area contributed by atoms with E-state index in [2.05, 4.69) is 0 Å². The molecule has 22 heavy (non-hydrogen) atoms. The van der Waals surface area contributed by atoms with Gasteiger partial charge in [-0.1, -0.05) is 0 Å². The number of carbonyl (C=O) groups is 3. The summed E-state index contributed by atoms with van der Waals surface area (Å²) in [6, 6.07) is -1.10. The van der Waals surface area contributed by atoms with Gasteiger partial charge in [-0.3, -0.25) is 4.79 Å². The van der Waals surface area contributed by atoms with Crippen molar-refractivity contribution in [1.29, 1.82) is 0 Å². The number of nitrogens with zero attached hydrogens (tertiary/aromatic N) is 2. The molecule has 0 aromatic heterocycles. The molecule has 2 rings (SSSR count). The number of carboxylic acids is 1. The molecule has 2 amide bonds. The summed E-state index contributed by atoms with van der Waals surface area (Å²) >= 11 is 0. The monoisotopic (exact) mass is 320 g/mol. The summed E-state index contributed by atoms with van der Waals surface area (Å²) in [5, 5.41) is 11.3. The number of hydrogen-bond donors (Lipinski definition) is 0. The number of piperazine rings is 1. The van der Waals surface area contributed by atoms with Gasteiger partial charge in [-0.15, -0.1) is 0 Å². The van der Waals surface area contributed by atoms with Crippen molar-refractivity contribution < 1.29 is 53.8 Å². The third-order valence-corrected chi connectivity index (χ3v) is 3.51. The average molecular weight is 320 g/mol. The van der Waals surface area contributed by atoms with E-state index in [4.69, 9.17) is 4.74 Å². The topological polar surface area (TPSA) is 90.0 Å². The predicted octanol–water partition coefficient (Wildman–Crippen LogP) is -3.40. The zero-order valence-electron chi connectivity index (χ0n) is 13.6. The quantitative estimate of drug-likeness (QED) is 0.495. The summed E-state index contributed by atoms with van der Waals surface area (Å²) in [4.78, 5) is 38.0. The zero-order chi connectivity index (χ0) is 15.8. The molecule has 1 heterocycles. The van der Waals surface area contributed by atoms with Gasteiger partial charge in [0.25, 0.3) is 0 Å². The van der Waals surface area contributed by atoms with Gasteiger partial charge in [0.05, 0.1) is 12.0 Å². The van der Waals surface area contributed by atoms with Crippen molar-refractivity contribution in [3.05, 3.63) is 0 Å². The smallest absolute Gasteiger partial charge is 0.548 e. The van der Waals surface area contributed by atoms with Crippen LogP contribution in [0.25, 0.3) is 0 Å². The fraction of sp³-hybridized carbons (Fsp3) is 0.786. The Morgan fingerprint density at radius 3 is 2.18 bits per heavy atom. The van der Waals surface area contributed by atoms with E-state index >= 15 is 0 Å². The molecule has 1 unspecified atom stereocenters. The Hall–Kier alpha value is -0.790. The molecule has 0 aromatic rings. The summed E-state index contributed by atoms with van der Waals surface area (Å²) < 4.78 is 5.23. The number of hydrogen-bond acceptors (Lipinski definition) is 5. The molecule has 2 aliphatic rings. The van der Waals surface area contributed by atoms with E-state index in [1.54, 1.807) is 20.8 Å². The van der Waals surface area contributed by atoms with Gasteiger partial charge >= 0.3 is 35.7 Å². The molecule has 1 atom stereocenters. The molecule has 1 saturated carbocycles. The second kappa shape index (κ2) is 7.19. The van der Waals surface area contributed by atoms with Gasteiger partial charge in [0, 0.05) is 25.6 Å². The fourth-order valence-electron chi connectivity index (χ4n) is 2.31. The van der Waals surface area contributed by atoms with Crippen molar-refractivity contribution in [1.82, 2.24) is 9.80 Å². The first-order valence-electron chi connectivity index (χ1n) is 7.18. The molecule has 118 valence electrons. The van der Waals surface area contributed by atoms with Crippen molar-refractivity contribution in [3.8, 4) is 0 Å². The van der Waals surface area contributed by atoms with Crippen molar-refractivity contribution in [2.75, 3.05) is 19.6 Å². The zero-order valence-corrected chi connectivity index (χ0v) is 15.6. The largest absolute Gasteiger partial charge is 1.00 e. The number of rotatable bonds is 2. The Kier molecular flexibility index (Phi) is 6.29. The first-order chi connectivity index (χ1) is 9.69. The summed E-state index contributed by atoms with van der Waals surface area (Å²) in [6.07, 6.45) is 1.06. The summed E-state index contributed by atoms with van der Waals surface area (Å²) in [6.45, 7) is 5.62. The molecule has 2 fully saturated rings. The number of amides is 2. The second-order valence-corrected chi connectivity index (χ2v) is 6.57. The molecule has 0 N–H and O–H groups in total. The maximum Gasteiger partial charge on any atom is 1.00 e. The molecule has 8 heteroatoms. The van der Waals surface area contributed by atoms with Gasteiger partial charge in [-0.05, 0) is 33.6 Å². The average Bonchev–Trinajstić information content (AvgIpc) is 3.19. The van der Waals surface area contributed by atoms with Crippen LogP contribution in [0.5, 0.6) is 0 Å². The third kappa shape index (κ3) is 4.86. The maximum atomic E-state index is 12.1. The van der Waals surface area contributed by atoms with Crippen LogP contribution in [0, 0.1) is 5.92 Å². The van der Waals surface area contributed by atoms with Crippen LogP contribution in [0.1, 0.15) is 33.6 Å². The van der Waals surface area contributed by atoms with E-state index < -0.39 is 23.7 Å². The Labute approximate surface area is 152 Å². The summed E-state index contributed by atoms with van der Waals surface area (Å²) in [7, 11) is 0. The van der Waals surface area contributed by atoms with Gasteiger partial charge in [0.2, 0.25) is 5.91 Å². The molecule has 0 bridgehead atoms. The molecular formula is C14H21N2NaO5. The summed E-state index contributed by atoms with van der Waals surface area (Å²) in [5.74, 6) is -1.54. The van der Waals surface area contributed by atoms with Crippen LogP contribution < -0.4 is 34.7 Å². The molecule has 0 aromatic carbocycles. The van der Waals surface area contributed by atoms with Gasteiger partial charge in [-0.2, -0.15) is 0 Å². The Bertz CT molecular complexity index is 459. The van der Waals surface area contributed by atoms with Crippen LogP contribution in [0.15, 0.2) is 0 Å². The van der Waals surface area contributed by atoms with Gasteiger partial charge in [0.15, 0.2) is 0 Å². The Morgan fingerprint density at radius 2 is 1.73 bits per heavy atom. The molecule has 1 saturated heterocycles. The van der Waals surface area contributed by atoms with Crippen molar-refractivity contribution in [2.24, 2.45) is 5.92 Å². The Balaban J connectivity index is 0.00000242.